The van der Waals surface area contributed by atoms with Gasteiger partial charge in [0.15, 0.2) is 0 Å². The molecular weight excluding hydrogens is 320 g/mol. The average molecular weight is 336 g/mol. The van der Waals surface area contributed by atoms with E-state index in [-0.39, 0.29) is 11.4 Å². The second-order valence-corrected chi connectivity index (χ2v) is 5.35. The van der Waals surface area contributed by atoms with Crippen LogP contribution >= 0.6 is 0 Å². The fourth-order valence-electron chi connectivity index (χ4n) is 2.55. The van der Waals surface area contributed by atoms with Crippen LogP contribution in [-0.2, 0) is 6.54 Å². The molecule has 25 heavy (non-hydrogen) atoms. The Morgan fingerprint density at radius 1 is 1.12 bits per heavy atom. The molecule has 0 unspecified atom stereocenters. The summed E-state index contributed by atoms with van der Waals surface area (Å²) in [4.78, 5) is 22.9. The number of aromatic nitrogens is 2. The number of nitro groups is 1. The van der Waals surface area contributed by atoms with Crippen LogP contribution in [0.1, 0.15) is 17.4 Å². The highest BCUT2D eigenvalue weighted by molar-refractivity contribution is 6.05. The summed E-state index contributed by atoms with van der Waals surface area (Å²) in [5.74, 6) is -0.557. The lowest BCUT2D eigenvalue weighted by Gasteiger charge is -2.08. The number of carbonyl (C=O) groups is 1. The minimum absolute atomic E-state index is 0.0559. The van der Waals surface area contributed by atoms with E-state index in [0.29, 0.717) is 12.2 Å². The Morgan fingerprint density at radius 2 is 1.76 bits per heavy atom. The Balaban J connectivity index is 1.82. The molecule has 0 saturated heterocycles. The predicted octanol–water partition coefficient (Wildman–Crippen LogP) is 3.73. The zero-order valence-electron chi connectivity index (χ0n) is 13.5. The Morgan fingerprint density at radius 3 is 2.36 bits per heavy atom. The number of hydrogen-bond acceptors (Lipinski definition) is 4. The average Bonchev–Trinajstić information content (AvgIpc) is 3.07. The number of anilines is 1. The maximum absolute atomic E-state index is 12.5. The van der Waals surface area contributed by atoms with Crippen LogP contribution in [-0.4, -0.2) is 20.6 Å². The van der Waals surface area contributed by atoms with E-state index in [1.54, 1.807) is 19.1 Å². The van der Waals surface area contributed by atoms with Crippen LogP contribution in [0.5, 0.6) is 0 Å². The molecule has 126 valence electrons. The third-order valence-electron chi connectivity index (χ3n) is 3.78. The van der Waals surface area contributed by atoms with Gasteiger partial charge >= 0.3 is 5.69 Å². The van der Waals surface area contributed by atoms with Gasteiger partial charge < -0.3 is 5.32 Å². The first-order valence-electron chi connectivity index (χ1n) is 7.77. The van der Waals surface area contributed by atoms with Gasteiger partial charge in [-0.15, -0.1) is 0 Å². The highest BCUT2D eigenvalue weighted by Gasteiger charge is 2.26. The van der Waals surface area contributed by atoms with Crippen molar-refractivity contribution in [1.82, 2.24) is 9.78 Å². The minimum atomic E-state index is -0.605. The maximum Gasteiger partial charge on any atom is 0.320 e. The van der Waals surface area contributed by atoms with Crippen LogP contribution in [0.15, 0.2) is 60.8 Å². The first-order chi connectivity index (χ1) is 12.1. The van der Waals surface area contributed by atoms with E-state index in [4.69, 9.17) is 0 Å². The summed E-state index contributed by atoms with van der Waals surface area (Å²) in [6.07, 6.45) is 1.09. The van der Waals surface area contributed by atoms with Gasteiger partial charge in [0.1, 0.15) is 6.20 Å². The Kier molecular flexibility index (Phi) is 4.56. The van der Waals surface area contributed by atoms with Gasteiger partial charge in [-0.1, -0.05) is 42.5 Å². The van der Waals surface area contributed by atoms with Gasteiger partial charge in [0, 0.05) is 12.2 Å². The fourth-order valence-corrected chi connectivity index (χ4v) is 2.55. The van der Waals surface area contributed by atoms with Crippen molar-refractivity contribution >= 4 is 17.3 Å². The van der Waals surface area contributed by atoms with Crippen LogP contribution in [0.25, 0.3) is 11.1 Å². The van der Waals surface area contributed by atoms with Crippen LogP contribution < -0.4 is 5.32 Å². The van der Waals surface area contributed by atoms with Crippen LogP contribution in [0.3, 0.4) is 0 Å². The molecule has 0 aliphatic rings. The van der Waals surface area contributed by atoms with E-state index in [9.17, 15) is 14.9 Å². The highest BCUT2D eigenvalue weighted by Crippen LogP contribution is 2.23. The molecular formula is C18H16N4O3. The Hall–Kier alpha value is -3.48. The van der Waals surface area contributed by atoms with Crippen LogP contribution in [0, 0.1) is 10.1 Å². The maximum atomic E-state index is 12.5. The van der Waals surface area contributed by atoms with Gasteiger partial charge in [0.05, 0.1) is 4.92 Å². The summed E-state index contributed by atoms with van der Waals surface area (Å²) in [5.41, 5.74) is 2.28. The van der Waals surface area contributed by atoms with Crippen LogP contribution in [0.4, 0.5) is 11.4 Å². The second-order valence-electron chi connectivity index (χ2n) is 5.35. The molecule has 0 atom stereocenters. The molecule has 2 aromatic carbocycles. The molecule has 1 aromatic heterocycles. The van der Waals surface area contributed by atoms with E-state index in [1.165, 1.54) is 4.68 Å². The number of nitrogens with zero attached hydrogens (tertiary/aromatic N) is 3. The lowest BCUT2D eigenvalue weighted by Crippen LogP contribution is -2.18. The molecule has 7 nitrogen and oxygen atoms in total. The van der Waals surface area contributed by atoms with E-state index in [2.05, 4.69) is 10.4 Å². The summed E-state index contributed by atoms with van der Waals surface area (Å²) >= 11 is 0. The monoisotopic (exact) mass is 336 g/mol. The standard InChI is InChI=1S/C18H16N4O3/c1-2-21-17(16(12-19-21)22(24)25)18(23)20-15-10-8-14(9-11-15)13-6-4-3-5-7-13/h3-12H,2H2,1H3,(H,20,23). The molecule has 0 saturated carbocycles. The van der Waals surface area contributed by atoms with Crippen molar-refractivity contribution in [3.05, 3.63) is 76.6 Å². The van der Waals surface area contributed by atoms with Gasteiger partial charge in [0.25, 0.3) is 5.91 Å². The molecule has 1 N–H and O–H groups in total. The first-order valence-corrected chi connectivity index (χ1v) is 7.77. The normalized spacial score (nSPS) is 10.4. The van der Waals surface area contributed by atoms with Crippen molar-refractivity contribution in [3.8, 4) is 11.1 Å². The van der Waals surface area contributed by atoms with E-state index < -0.39 is 10.8 Å². The highest BCUT2D eigenvalue weighted by atomic mass is 16.6. The number of nitrogens with one attached hydrogen (secondary N) is 1. The molecule has 0 aliphatic heterocycles. The molecule has 0 aliphatic carbocycles. The molecule has 0 radical (unpaired) electrons. The van der Waals surface area contributed by atoms with Crippen molar-refractivity contribution in [3.63, 3.8) is 0 Å². The lowest BCUT2D eigenvalue weighted by atomic mass is 10.1. The molecule has 7 heteroatoms. The number of amides is 1. The summed E-state index contributed by atoms with van der Waals surface area (Å²) in [6, 6.07) is 17.1. The van der Waals surface area contributed by atoms with E-state index >= 15 is 0 Å². The summed E-state index contributed by atoms with van der Waals surface area (Å²) in [7, 11) is 0. The molecule has 0 fully saturated rings. The summed E-state index contributed by atoms with van der Waals surface area (Å²) in [5, 5.41) is 17.7. The molecule has 0 spiro atoms. The quantitative estimate of drug-likeness (QED) is 0.568. The van der Waals surface area contributed by atoms with E-state index in [1.807, 2.05) is 42.5 Å². The van der Waals surface area contributed by atoms with Gasteiger partial charge in [-0.25, -0.2) is 0 Å². The number of rotatable bonds is 5. The number of hydrogen-bond donors (Lipinski definition) is 1. The van der Waals surface area contributed by atoms with Crippen molar-refractivity contribution in [2.75, 3.05) is 5.32 Å². The van der Waals surface area contributed by atoms with Gasteiger partial charge in [-0.3, -0.25) is 19.6 Å². The third kappa shape index (κ3) is 3.40. The fraction of sp³-hybridized carbons (Fsp3) is 0.111. The smallest absolute Gasteiger partial charge is 0.320 e. The summed E-state index contributed by atoms with van der Waals surface area (Å²) in [6.45, 7) is 2.13. The predicted molar refractivity (Wildman–Crippen MR) is 94.4 cm³/mol. The van der Waals surface area contributed by atoms with Crippen molar-refractivity contribution in [2.45, 2.75) is 13.5 Å². The molecule has 3 aromatic rings. The topological polar surface area (TPSA) is 90.1 Å². The zero-order chi connectivity index (χ0) is 17.8. The largest absolute Gasteiger partial charge is 0.320 e. The second kappa shape index (κ2) is 6.96. The lowest BCUT2D eigenvalue weighted by molar-refractivity contribution is -0.385. The number of benzene rings is 2. The molecule has 1 amide bonds. The Labute approximate surface area is 144 Å². The van der Waals surface area contributed by atoms with Crippen molar-refractivity contribution in [1.29, 1.82) is 0 Å². The van der Waals surface area contributed by atoms with Crippen molar-refractivity contribution in [2.24, 2.45) is 0 Å². The van der Waals surface area contributed by atoms with Gasteiger partial charge in [-0.05, 0) is 30.2 Å². The number of carbonyl (C=O) groups excluding carboxylic acids is 1. The van der Waals surface area contributed by atoms with Gasteiger partial charge in [-0.2, -0.15) is 5.10 Å². The Bertz CT molecular complexity index is 902. The molecule has 0 bridgehead atoms. The molecule has 1 heterocycles. The summed E-state index contributed by atoms with van der Waals surface area (Å²) < 4.78 is 1.31. The first kappa shape index (κ1) is 16.4. The van der Waals surface area contributed by atoms with Crippen LogP contribution in [0.2, 0.25) is 0 Å². The minimum Gasteiger partial charge on any atom is -0.320 e. The van der Waals surface area contributed by atoms with Gasteiger partial charge in [0.2, 0.25) is 5.69 Å². The number of aryl methyl sites for hydroxylation is 1. The molecule has 3 rings (SSSR count). The zero-order valence-corrected chi connectivity index (χ0v) is 13.5. The SMILES string of the molecule is CCn1ncc([N+](=O)[O-])c1C(=O)Nc1ccc(-c2ccccc2)cc1. The van der Waals surface area contributed by atoms with Crippen molar-refractivity contribution < 1.29 is 9.72 Å². The third-order valence-corrected chi connectivity index (χ3v) is 3.78. The van der Waals surface area contributed by atoms with E-state index in [0.717, 1.165) is 17.3 Å².